The fourth-order valence-corrected chi connectivity index (χ4v) is 3.67. The van der Waals surface area contributed by atoms with Gasteiger partial charge >= 0.3 is 0 Å². The SMILES string of the molecule is O=C(NC1CCN(c2ccccc2)C1=O)C(=O)c1c[nH]c2ccc(Br)cc12. The van der Waals surface area contributed by atoms with Gasteiger partial charge in [0.25, 0.3) is 11.7 Å². The minimum Gasteiger partial charge on any atom is -0.360 e. The van der Waals surface area contributed by atoms with Gasteiger partial charge in [0.1, 0.15) is 6.04 Å². The number of hydrogen-bond donors (Lipinski definition) is 2. The highest BCUT2D eigenvalue weighted by atomic mass is 79.9. The molecule has 0 aliphatic carbocycles. The molecule has 1 aliphatic rings. The van der Waals surface area contributed by atoms with Crippen molar-refractivity contribution in [1.82, 2.24) is 10.3 Å². The van der Waals surface area contributed by atoms with Crippen LogP contribution in [0.5, 0.6) is 0 Å². The van der Waals surface area contributed by atoms with E-state index in [1.54, 1.807) is 11.0 Å². The molecule has 1 fully saturated rings. The predicted octanol–water partition coefficient (Wildman–Crippen LogP) is 3.03. The zero-order chi connectivity index (χ0) is 19.0. The van der Waals surface area contributed by atoms with Crippen LogP contribution >= 0.6 is 15.9 Å². The summed E-state index contributed by atoms with van der Waals surface area (Å²) in [5, 5.41) is 3.25. The maximum absolute atomic E-state index is 12.6. The lowest BCUT2D eigenvalue weighted by atomic mass is 10.1. The van der Waals surface area contributed by atoms with Crippen LogP contribution in [0.15, 0.2) is 59.2 Å². The number of rotatable bonds is 4. The summed E-state index contributed by atoms with van der Waals surface area (Å²) in [5.41, 5.74) is 1.84. The Morgan fingerprint density at radius 2 is 1.93 bits per heavy atom. The largest absolute Gasteiger partial charge is 0.360 e. The fourth-order valence-electron chi connectivity index (χ4n) is 3.30. The van der Waals surface area contributed by atoms with Crippen LogP contribution < -0.4 is 10.2 Å². The number of carbonyl (C=O) groups is 3. The first kappa shape index (κ1) is 17.5. The third kappa shape index (κ3) is 3.26. The van der Waals surface area contributed by atoms with E-state index in [0.29, 0.717) is 18.4 Å². The zero-order valence-corrected chi connectivity index (χ0v) is 15.8. The van der Waals surface area contributed by atoms with Gasteiger partial charge in [0.15, 0.2) is 0 Å². The molecule has 0 saturated carbocycles. The quantitative estimate of drug-likeness (QED) is 0.497. The average Bonchev–Trinajstić information content (AvgIpc) is 3.25. The Kier molecular flexibility index (Phi) is 4.53. The normalized spacial score (nSPS) is 16.7. The molecule has 0 spiro atoms. The Balaban J connectivity index is 1.50. The second-order valence-corrected chi connectivity index (χ2v) is 7.28. The van der Waals surface area contributed by atoms with Crippen molar-refractivity contribution in [3.05, 3.63) is 64.8 Å². The van der Waals surface area contributed by atoms with Gasteiger partial charge in [0.2, 0.25) is 5.91 Å². The molecule has 2 N–H and O–H groups in total. The maximum Gasteiger partial charge on any atom is 0.293 e. The van der Waals surface area contributed by atoms with Crippen molar-refractivity contribution in [1.29, 1.82) is 0 Å². The van der Waals surface area contributed by atoms with E-state index >= 15 is 0 Å². The van der Waals surface area contributed by atoms with Crippen molar-refractivity contribution in [2.75, 3.05) is 11.4 Å². The maximum atomic E-state index is 12.6. The number of Topliss-reactive ketones (excluding diaryl/α,β-unsaturated/α-hetero) is 1. The van der Waals surface area contributed by atoms with Crippen molar-refractivity contribution >= 4 is 50.1 Å². The second kappa shape index (κ2) is 7.00. The average molecular weight is 426 g/mol. The van der Waals surface area contributed by atoms with Gasteiger partial charge in [-0.05, 0) is 36.8 Å². The molecule has 27 heavy (non-hydrogen) atoms. The summed E-state index contributed by atoms with van der Waals surface area (Å²) < 4.78 is 0.813. The van der Waals surface area contributed by atoms with Gasteiger partial charge in [0.05, 0.1) is 5.56 Å². The second-order valence-electron chi connectivity index (χ2n) is 6.36. The van der Waals surface area contributed by atoms with E-state index in [1.807, 2.05) is 42.5 Å². The molecular weight excluding hydrogens is 410 g/mol. The van der Waals surface area contributed by atoms with Crippen molar-refractivity contribution in [3.8, 4) is 0 Å². The number of fused-ring (bicyclic) bond motifs is 1. The molecule has 1 unspecified atom stereocenters. The van der Waals surface area contributed by atoms with E-state index in [1.165, 1.54) is 6.20 Å². The van der Waals surface area contributed by atoms with Gasteiger partial charge in [-0.2, -0.15) is 0 Å². The summed E-state index contributed by atoms with van der Waals surface area (Å²) in [5.74, 6) is -1.64. The van der Waals surface area contributed by atoms with Crippen LogP contribution in [-0.2, 0) is 9.59 Å². The number of para-hydroxylation sites is 1. The molecule has 3 aromatic rings. The van der Waals surface area contributed by atoms with Crippen molar-refractivity contribution in [3.63, 3.8) is 0 Å². The molecule has 4 rings (SSSR count). The number of aromatic amines is 1. The number of carbonyl (C=O) groups excluding carboxylic acids is 3. The van der Waals surface area contributed by atoms with Crippen molar-refractivity contribution in [2.45, 2.75) is 12.5 Å². The van der Waals surface area contributed by atoms with Gasteiger partial charge < -0.3 is 15.2 Å². The summed E-state index contributed by atoms with van der Waals surface area (Å²) in [7, 11) is 0. The Bertz CT molecular complexity index is 1050. The number of nitrogens with one attached hydrogen (secondary N) is 2. The molecule has 1 aliphatic heterocycles. The third-order valence-corrected chi connectivity index (χ3v) is 5.17. The number of ketones is 1. The van der Waals surface area contributed by atoms with Crippen LogP contribution in [-0.4, -0.2) is 35.2 Å². The van der Waals surface area contributed by atoms with Crippen molar-refractivity contribution in [2.24, 2.45) is 0 Å². The van der Waals surface area contributed by atoms with Crippen LogP contribution in [0.1, 0.15) is 16.8 Å². The fraction of sp³-hybridized carbons (Fsp3) is 0.150. The number of benzene rings is 2. The lowest BCUT2D eigenvalue weighted by molar-refractivity contribution is -0.124. The minimum atomic E-state index is -0.774. The lowest BCUT2D eigenvalue weighted by Gasteiger charge is -2.17. The van der Waals surface area contributed by atoms with Gasteiger partial charge in [0, 0.05) is 33.8 Å². The minimum absolute atomic E-state index is 0.205. The number of nitrogens with zero attached hydrogens (tertiary/aromatic N) is 1. The first-order chi connectivity index (χ1) is 13.0. The highest BCUT2D eigenvalue weighted by Gasteiger charge is 2.35. The van der Waals surface area contributed by atoms with E-state index in [4.69, 9.17) is 0 Å². The molecule has 2 aromatic carbocycles. The van der Waals surface area contributed by atoms with Crippen molar-refractivity contribution < 1.29 is 14.4 Å². The topological polar surface area (TPSA) is 82.3 Å². The molecule has 0 radical (unpaired) electrons. The Labute approximate surface area is 163 Å². The molecule has 0 bridgehead atoms. The summed E-state index contributed by atoms with van der Waals surface area (Å²) in [6.07, 6.45) is 1.98. The molecular formula is C20H16BrN3O3. The molecule has 1 atom stereocenters. The zero-order valence-electron chi connectivity index (χ0n) is 14.2. The molecule has 6 nitrogen and oxygen atoms in total. The Hall–Kier alpha value is -2.93. The highest BCUT2D eigenvalue weighted by molar-refractivity contribution is 9.10. The van der Waals surface area contributed by atoms with Crippen LogP contribution in [0.4, 0.5) is 5.69 Å². The van der Waals surface area contributed by atoms with Gasteiger partial charge in [-0.3, -0.25) is 14.4 Å². The van der Waals surface area contributed by atoms with Crippen LogP contribution in [0.25, 0.3) is 10.9 Å². The first-order valence-corrected chi connectivity index (χ1v) is 9.32. The molecule has 136 valence electrons. The van der Waals surface area contributed by atoms with E-state index in [0.717, 1.165) is 15.7 Å². The van der Waals surface area contributed by atoms with E-state index in [2.05, 4.69) is 26.2 Å². The number of H-pyrrole nitrogens is 1. The van der Waals surface area contributed by atoms with Crippen LogP contribution in [0.3, 0.4) is 0 Å². The predicted molar refractivity (Wildman–Crippen MR) is 106 cm³/mol. The monoisotopic (exact) mass is 425 g/mol. The number of halogens is 1. The van der Waals surface area contributed by atoms with Crippen LogP contribution in [0, 0.1) is 0 Å². The molecule has 7 heteroatoms. The van der Waals surface area contributed by atoms with Crippen LogP contribution in [0.2, 0.25) is 0 Å². The van der Waals surface area contributed by atoms with Gasteiger partial charge in [-0.1, -0.05) is 34.1 Å². The Morgan fingerprint density at radius 1 is 1.15 bits per heavy atom. The molecule has 2 amide bonds. The number of hydrogen-bond acceptors (Lipinski definition) is 3. The van der Waals surface area contributed by atoms with Gasteiger partial charge in [-0.25, -0.2) is 0 Å². The standard InChI is InChI=1S/C20H16BrN3O3/c21-12-6-7-16-14(10-12)15(11-22-16)18(25)19(26)23-17-8-9-24(20(17)27)13-4-2-1-3-5-13/h1-7,10-11,17,22H,8-9H2,(H,23,26). The Morgan fingerprint density at radius 3 is 2.70 bits per heavy atom. The summed E-state index contributed by atoms with van der Waals surface area (Å²) in [6, 6.07) is 14.0. The number of amides is 2. The number of aromatic nitrogens is 1. The molecule has 1 aromatic heterocycles. The third-order valence-electron chi connectivity index (χ3n) is 4.67. The smallest absolute Gasteiger partial charge is 0.293 e. The van der Waals surface area contributed by atoms with E-state index in [-0.39, 0.29) is 11.5 Å². The first-order valence-electron chi connectivity index (χ1n) is 8.53. The van der Waals surface area contributed by atoms with Gasteiger partial charge in [-0.15, -0.1) is 0 Å². The van der Waals surface area contributed by atoms with E-state index < -0.39 is 17.7 Å². The highest BCUT2D eigenvalue weighted by Crippen LogP contribution is 2.24. The summed E-state index contributed by atoms with van der Waals surface area (Å²) in [4.78, 5) is 42.3. The summed E-state index contributed by atoms with van der Waals surface area (Å²) >= 11 is 3.37. The lowest BCUT2D eigenvalue weighted by Crippen LogP contribution is -2.44. The summed E-state index contributed by atoms with van der Waals surface area (Å²) in [6.45, 7) is 0.502. The molecule has 1 saturated heterocycles. The number of anilines is 1. The molecule has 2 heterocycles. The van der Waals surface area contributed by atoms with E-state index in [9.17, 15) is 14.4 Å².